The highest BCUT2D eigenvalue weighted by Crippen LogP contribution is 2.21. The predicted molar refractivity (Wildman–Crippen MR) is 127 cm³/mol. The first kappa shape index (κ1) is 23.0. The minimum absolute atomic E-state index is 0.00564. The summed E-state index contributed by atoms with van der Waals surface area (Å²) in [6.45, 7) is 0.349. The molecular weight excluding hydrogens is 402 g/mol. The SMILES string of the molecule is COc1ccc(C(CNC(=O)CNC(=O)c2ccc(-c3ccccc3)cc2)N(C)C)cc1. The van der Waals surface area contributed by atoms with Gasteiger partial charge < -0.3 is 20.3 Å². The van der Waals surface area contributed by atoms with Gasteiger partial charge in [0.05, 0.1) is 19.7 Å². The molecule has 0 saturated heterocycles. The van der Waals surface area contributed by atoms with Crippen molar-refractivity contribution in [3.8, 4) is 16.9 Å². The minimum Gasteiger partial charge on any atom is -0.497 e. The summed E-state index contributed by atoms with van der Waals surface area (Å²) in [5.41, 5.74) is 3.71. The van der Waals surface area contributed by atoms with Crippen LogP contribution in [0.15, 0.2) is 78.9 Å². The molecule has 0 saturated carbocycles. The van der Waals surface area contributed by atoms with Crippen LogP contribution in [0.4, 0.5) is 0 Å². The molecule has 2 amide bonds. The van der Waals surface area contributed by atoms with Gasteiger partial charge in [0.15, 0.2) is 0 Å². The zero-order valence-corrected chi connectivity index (χ0v) is 18.7. The van der Waals surface area contributed by atoms with Crippen LogP contribution in [0.25, 0.3) is 11.1 Å². The van der Waals surface area contributed by atoms with Crippen molar-refractivity contribution >= 4 is 11.8 Å². The maximum atomic E-state index is 12.4. The number of hydrogen-bond donors (Lipinski definition) is 2. The van der Waals surface area contributed by atoms with E-state index in [1.54, 1.807) is 19.2 Å². The maximum Gasteiger partial charge on any atom is 0.251 e. The monoisotopic (exact) mass is 431 g/mol. The number of hydrogen-bond acceptors (Lipinski definition) is 4. The van der Waals surface area contributed by atoms with E-state index in [0.29, 0.717) is 12.1 Å². The van der Waals surface area contributed by atoms with E-state index in [0.717, 1.165) is 22.4 Å². The molecule has 3 aromatic rings. The summed E-state index contributed by atoms with van der Waals surface area (Å²) >= 11 is 0. The highest BCUT2D eigenvalue weighted by atomic mass is 16.5. The molecule has 0 radical (unpaired) electrons. The van der Waals surface area contributed by atoms with Crippen LogP contribution in [0.1, 0.15) is 22.0 Å². The highest BCUT2D eigenvalue weighted by Gasteiger charge is 2.16. The Kier molecular flexibility index (Phi) is 8.00. The quantitative estimate of drug-likeness (QED) is 0.544. The summed E-state index contributed by atoms with van der Waals surface area (Å²) in [6.07, 6.45) is 0. The summed E-state index contributed by atoms with van der Waals surface area (Å²) in [5, 5.41) is 5.59. The molecule has 2 N–H and O–H groups in total. The van der Waals surface area contributed by atoms with E-state index >= 15 is 0 Å². The van der Waals surface area contributed by atoms with E-state index in [1.165, 1.54) is 0 Å². The van der Waals surface area contributed by atoms with Crippen LogP contribution >= 0.6 is 0 Å². The van der Waals surface area contributed by atoms with Crippen LogP contribution in [-0.2, 0) is 4.79 Å². The number of methoxy groups -OCH3 is 1. The summed E-state index contributed by atoms with van der Waals surface area (Å²) in [5.74, 6) is 0.272. The van der Waals surface area contributed by atoms with E-state index in [9.17, 15) is 9.59 Å². The predicted octanol–water partition coefficient (Wildman–Crippen LogP) is 3.51. The van der Waals surface area contributed by atoms with Gasteiger partial charge in [-0.1, -0.05) is 54.6 Å². The van der Waals surface area contributed by atoms with Gasteiger partial charge in [-0.15, -0.1) is 0 Å². The molecule has 0 bridgehead atoms. The van der Waals surface area contributed by atoms with Gasteiger partial charge in [-0.25, -0.2) is 0 Å². The maximum absolute atomic E-state index is 12.4. The smallest absolute Gasteiger partial charge is 0.251 e. The van der Waals surface area contributed by atoms with Gasteiger partial charge in [0, 0.05) is 12.1 Å². The molecule has 0 aliphatic heterocycles. The number of carbonyl (C=O) groups excluding carboxylic acids is 2. The second-order valence-electron chi connectivity index (χ2n) is 7.68. The number of nitrogens with zero attached hydrogens (tertiary/aromatic N) is 1. The van der Waals surface area contributed by atoms with Crippen molar-refractivity contribution < 1.29 is 14.3 Å². The van der Waals surface area contributed by atoms with Crippen molar-refractivity contribution in [1.29, 1.82) is 0 Å². The Labute approximate surface area is 189 Å². The van der Waals surface area contributed by atoms with E-state index in [-0.39, 0.29) is 24.4 Å². The summed E-state index contributed by atoms with van der Waals surface area (Å²) < 4.78 is 5.20. The summed E-state index contributed by atoms with van der Waals surface area (Å²) in [6, 6.07) is 25.1. The number of benzene rings is 3. The van der Waals surface area contributed by atoms with Gasteiger partial charge in [-0.3, -0.25) is 9.59 Å². The zero-order valence-electron chi connectivity index (χ0n) is 18.7. The van der Waals surface area contributed by atoms with Crippen LogP contribution in [0.2, 0.25) is 0 Å². The molecule has 1 unspecified atom stereocenters. The molecule has 0 fully saturated rings. The second-order valence-corrected chi connectivity index (χ2v) is 7.68. The van der Waals surface area contributed by atoms with Gasteiger partial charge in [0.1, 0.15) is 5.75 Å². The van der Waals surface area contributed by atoms with Crippen LogP contribution in [0, 0.1) is 0 Å². The molecule has 3 aromatic carbocycles. The fourth-order valence-corrected chi connectivity index (χ4v) is 3.40. The molecule has 1 atom stereocenters. The number of amides is 2. The van der Waals surface area contributed by atoms with Crippen molar-refractivity contribution in [1.82, 2.24) is 15.5 Å². The Morgan fingerprint density at radius 1 is 0.844 bits per heavy atom. The summed E-state index contributed by atoms with van der Waals surface area (Å²) in [4.78, 5) is 26.8. The fourth-order valence-electron chi connectivity index (χ4n) is 3.40. The Bertz CT molecular complexity index is 1020. The molecule has 0 aromatic heterocycles. The first-order valence-corrected chi connectivity index (χ1v) is 10.5. The molecule has 3 rings (SSSR count). The Hall–Kier alpha value is -3.64. The second kappa shape index (κ2) is 11.1. The summed E-state index contributed by atoms with van der Waals surface area (Å²) in [7, 11) is 5.55. The topological polar surface area (TPSA) is 70.7 Å². The zero-order chi connectivity index (χ0) is 22.9. The largest absolute Gasteiger partial charge is 0.497 e. The van der Waals surface area contributed by atoms with E-state index in [2.05, 4.69) is 10.6 Å². The lowest BCUT2D eigenvalue weighted by Crippen LogP contribution is -2.40. The first-order chi connectivity index (χ1) is 15.5. The molecular formula is C26H29N3O3. The van der Waals surface area contributed by atoms with Crippen molar-refractivity contribution in [3.05, 3.63) is 90.0 Å². The molecule has 166 valence electrons. The van der Waals surface area contributed by atoms with Gasteiger partial charge in [-0.2, -0.15) is 0 Å². The van der Waals surface area contributed by atoms with Gasteiger partial charge in [0.25, 0.3) is 5.91 Å². The third kappa shape index (κ3) is 6.18. The van der Waals surface area contributed by atoms with Crippen molar-refractivity contribution in [2.75, 3.05) is 34.3 Å². The molecule has 0 aliphatic carbocycles. The minimum atomic E-state index is -0.279. The van der Waals surface area contributed by atoms with Crippen molar-refractivity contribution in [2.24, 2.45) is 0 Å². The standard InChI is InChI=1S/C26H29N3O3/c1-29(2)24(21-13-15-23(32-3)16-14-21)17-27-25(30)18-28-26(31)22-11-9-20(10-12-22)19-7-5-4-6-8-19/h4-16,24H,17-18H2,1-3H3,(H,27,30)(H,28,31). The normalized spacial score (nSPS) is 11.6. The number of likely N-dealkylation sites (N-methyl/N-ethyl adjacent to an activating group) is 1. The highest BCUT2D eigenvalue weighted by molar-refractivity contribution is 5.96. The number of carbonyl (C=O) groups is 2. The average Bonchev–Trinajstić information content (AvgIpc) is 2.83. The lowest BCUT2D eigenvalue weighted by atomic mass is 10.0. The third-order valence-corrected chi connectivity index (χ3v) is 5.28. The molecule has 6 heteroatoms. The number of ether oxygens (including phenoxy) is 1. The number of rotatable bonds is 9. The lowest BCUT2D eigenvalue weighted by Gasteiger charge is -2.25. The van der Waals surface area contributed by atoms with Crippen LogP contribution in [0.5, 0.6) is 5.75 Å². The Morgan fingerprint density at radius 3 is 2.06 bits per heavy atom. The van der Waals surface area contributed by atoms with Gasteiger partial charge in [0.2, 0.25) is 5.91 Å². The molecule has 0 spiro atoms. The molecule has 32 heavy (non-hydrogen) atoms. The van der Waals surface area contributed by atoms with Crippen LogP contribution in [0.3, 0.4) is 0 Å². The molecule has 6 nitrogen and oxygen atoms in total. The van der Waals surface area contributed by atoms with Gasteiger partial charge in [-0.05, 0) is 55.1 Å². The van der Waals surface area contributed by atoms with Crippen LogP contribution < -0.4 is 15.4 Å². The first-order valence-electron chi connectivity index (χ1n) is 10.5. The fraction of sp³-hybridized carbons (Fsp3) is 0.231. The third-order valence-electron chi connectivity index (χ3n) is 5.28. The Morgan fingerprint density at radius 2 is 1.47 bits per heavy atom. The van der Waals surface area contributed by atoms with Crippen LogP contribution in [-0.4, -0.2) is 51.0 Å². The van der Waals surface area contributed by atoms with Crippen molar-refractivity contribution in [3.63, 3.8) is 0 Å². The molecule has 0 heterocycles. The molecule has 0 aliphatic rings. The average molecular weight is 432 g/mol. The van der Waals surface area contributed by atoms with E-state index < -0.39 is 0 Å². The number of nitrogens with one attached hydrogen (secondary N) is 2. The Balaban J connectivity index is 1.50. The van der Waals surface area contributed by atoms with E-state index in [1.807, 2.05) is 85.7 Å². The van der Waals surface area contributed by atoms with Gasteiger partial charge >= 0.3 is 0 Å². The van der Waals surface area contributed by atoms with E-state index in [4.69, 9.17) is 4.74 Å². The van der Waals surface area contributed by atoms with Crippen molar-refractivity contribution in [2.45, 2.75) is 6.04 Å². The lowest BCUT2D eigenvalue weighted by molar-refractivity contribution is -0.120.